The van der Waals surface area contributed by atoms with Gasteiger partial charge in [-0.3, -0.25) is 0 Å². The zero-order valence-electron chi connectivity index (χ0n) is 4.72. The lowest BCUT2D eigenvalue weighted by Gasteiger charge is -1.89. The third-order valence-electron chi connectivity index (χ3n) is 1.04. The second-order valence-corrected chi connectivity index (χ2v) is 2.74. The van der Waals surface area contributed by atoms with Gasteiger partial charge in [-0.1, -0.05) is 11.3 Å². The van der Waals surface area contributed by atoms with Crippen LogP contribution < -0.4 is 22.9 Å². The Labute approximate surface area is 56.4 Å². The standard InChI is InChI=1S/C4H8N4S/c5-1-2(6)4(8)9-3(1)7/h5-8H2. The van der Waals surface area contributed by atoms with Gasteiger partial charge in [-0.25, -0.2) is 0 Å². The van der Waals surface area contributed by atoms with E-state index in [-0.39, 0.29) is 0 Å². The number of nitrogen functional groups attached to an aromatic ring is 4. The summed E-state index contributed by atoms with van der Waals surface area (Å²) in [6, 6.07) is 0. The molecule has 8 N–H and O–H groups in total. The summed E-state index contributed by atoms with van der Waals surface area (Å²) in [5.74, 6) is 0. The van der Waals surface area contributed by atoms with E-state index in [0.717, 1.165) is 0 Å². The highest BCUT2D eigenvalue weighted by molar-refractivity contribution is 7.21. The molecule has 1 rings (SSSR count). The average Bonchev–Trinajstić information content (AvgIpc) is 1.98. The average molecular weight is 144 g/mol. The van der Waals surface area contributed by atoms with Gasteiger partial charge in [0.15, 0.2) is 0 Å². The van der Waals surface area contributed by atoms with Crippen molar-refractivity contribution in [3.63, 3.8) is 0 Å². The molecule has 0 saturated carbocycles. The Kier molecular flexibility index (Phi) is 1.14. The van der Waals surface area contributed by atoms with Crippen molar-refractivity contribution in [2.75, 3.05) is 22.9 Å². The molecular weight excluding hydrogens is 136 g/mol. The number of thiophene rings is 1. The van der Waals surface area contributed by atoms with E-state index in [1.807, 2.05) is 0 Å². The Hall–Kier alpha value is -1.10. The predicted molar refractivity (Wildman–Crippen MR) is 42.0 cm³/mol. The molecule has 4 nitrogen and oxygen atoms in total. The van der Waals surface area contributed by atoms with Crippen molar-refractivity contribution in [1.82, 2.24) is 0 Å². The molecule has 0 atom stereocenters. The molecule has 0 aliphatic heterocycles. The Morgan fingerprint density at radius 3 is 1.22 bits per heavy atom. The zero-order chi connectivity index (χ0) is 7.02. The maximum atomic E-state index is 5.38. The number of nitrogens with two attached hydrogens (primary N) is 4. The Bertz CT molecular complexity index is 206. The summed E-state index contributed by atoms with van der Waals surface area (Å²) in [5, 5.41) is 0.981. The molecule has 0 amide bonds. The Morgan fingerprint density at radius 2 is 1.11 bits per heavy atom. The van der Waals surface area contributed by atoms with Crippen molar-refractivity contribution in [3.05, 3.63) is 0 Å². The summed E-state index contributed by atoms with van der Waals surface area (Å²) in [6.45, 7) is 0. The first-order chi connectivity index (χ1) is 4.13. The van der Waals surface area contributed by atoms with Crippen LogP contribution in [-0.4, -0.2) is 0 Å². The summed E-state index contributed by atoms with van der Waals surface area (Å²) < 4.78 is 0. The molecule has 0 radical (unpaired) electrons. The normalized spacial score (nSPS) is 9.78. The third kappa shape index (κ3) is 0.746. The summed E-state index contributed by atoms with van der Waals surface area (Å²) in [4.78, 5) is 0. The van der Waals surface area contributed by atoms with Gasteiger partial charge in [-0.05, 0) is 0 Å². The van der Waals surface area contributed by atoms with Gasteiger partial charge in [0.25, 0.3) is 0 Å². The first-order valence-electron chi connectivity index (χ1n) is 2.31. The molecule has 0 aliphatic rings. The van der Waals surface area contributed by atoms with Crippen LogP contribution in [0.2, 0.25) is 0 Å². The van der Waals surface area contributed by atoms with Crippen LogP contribution in [0.1, 0.15) is 0 Å². The maximum Gasteiger partial charge on any atom is 0.113 e. The lowest BCUT2D eigenvalue weighted by Crippen LogP contribution is -1.95. The monoisotopic (exact) mass is 144 g/mol. The highest BCUT2D eigenvalue weighted by atomic mass is 32.1. The lowest BCUT2D eigenvalue weighted by atomic mass is 10.4. The van der Waals surface area contributed by atoms with Crippen LogP contribution in [-0.2, 0) is 0 Å². The maximum absolute atomic E-state index is 5.38. The van der Waals surface area contributed by atoms with Crippen LogP contribution in [0.15, 0.2) is 0 Å². The summed E-state index contributed by atoms with van der Waals surface area (Å²) in [7, 11) is 0. The highest BCUT2D eigenvalue weighted by Gasteiger charge is 2.06. The topological polar surface area (TPSA) is 104 Å². The van der Waals surface area contributed by atoms with Gasteiger partial charge in [0.1, 0.15) is 10.0 Å². The summed E-state index contributed by atoms with van der Waals surface area (Å²) in [6.07, 6.45) is 0. The van der Waals surface area contributed by atoms with E-state index in [0.29, 0.717) is 21.4 Å². The number of hydrogen-bond acceptors (Lipinski definition) is 5. The molecule has 0 bridgehead atoms. The second-order valence-electron chi connectivity index (χ2n) is 1.66. The van der Waals surface area contributed by atoms with Crippen LogP contribution in [0.5, 0.6) is 0 Å². The van der Waals surface area contributed by atoms with Gasteiger partial charge in [0.2, 0.25) is 0 Å². The first kappa shape index (κ1) is 6.03. The lowest BCUT2D eigenvalue weighted by molar-refractivity contribution is 1.79. The minimum atomic E-state index is 0.400. The third-order valence-corrected chi connectivity index (χ3v) is 1.92. The van der Waals surface area contributed by atoms with Crippen molar-refractivity contribution < 1.29 is 0 Å². The van der Waals surface area contributed by atoms with Crippen molar-refractivity contribution in [2.45, 2.75) is 0 Å². The van der Waals surface area contributed by atoms with Crippen LogP contribution in [0.3, 0.4) is 0 Å². The molecule has 0 unspecified atom stereocenters. The smallest absolute Gasteiger partial charge is 0.113 e. The van der Waals surface area contributed by atoms with Crippen molar-refractivity contribution >= 4 is 32.7 Å². The van der Waals surface area contributed by atoms with Gasteiger partial charge in [0.05, 0.1) is 11.4 Å². The molecule has 1 heterocycles. The highest BCUT2D eigenvalue weighted by Crippen LogP contribution is 2.37. The molecule has 0 saturated heterocycles. The van der Waals surface area contributed by atoms with E-state index < -0.39 is 0 Å². The van der Waals surface area contributed by atoms with E-state index in [4.69, 9.17) is 22.9 Å². The van der Waals surface area contributed by atoms with E-state index in [1.165, 1.54) is 11.3 Å². The predicted octanol–water partition coefficient (Wildman–Crippen LogP) is 0.0769. The Morgan fingerprint density at radius 1 is 0.778 bits per heavy atom. The fourth-order valence-corrected chi connectivity index (χ4v) is 1.17. The van der Waals surface area contributed by atoms with Crippen molar-refractivity contribution in [2.24, 2.45) is 0 Å². The summed E-state index contributed by atoms with van der Waals surface area (Å²) in [5.41, 5.74) is 22.3. The largest absolute Gasteiger partial charge is 0.395 e. The molecule has 0 aliphatic carbocycles. The van der Waals surface area contributed by atoms with E-state index in [2.05, 4.69) is 0 Å². The quantitative estimate of drug-likeness (QED) is 0.413. The fourth-order valence-electron chi connectivity index (χ4n) is 0.494. The first-order valence-corrected chi connectivity index (χ1v) is 3.13. The van der Waals surface area contributed by atoms with Gasteiger partial charge in [-0.2, -0.15) is 0 Å². The van der Waals surface area contributed by atoms with E-state index >= 15 is 0 Å². The van der Waals surface area contributed by atoms with Gasteiger partial charge >= 0.3 is 0 Å². The molecule has 0 fully saturated rings. The minimum absolute atomic E-state index is 0.400. The molecule has 0 aromatic carbocycles. The van der Waals surface area contributed by atoms with Gasteiger partial charge in [-0.15, -0.1) is 0 Å². The fraction of sp³-hybridized carbons (Fsp3) is 0. The van der Waals surface area contributed by atoms with E-state index in [1.54, 1.807) is 0 Å². The molecule has 5 heteroatoms. The molecule has 0 spiro atoms. The second kappa shape index (κ2) is 1.70. The minimum Gasteiger partial charge on any atom is -0.395 e. The Balaban J connectivity index is 3.29. The number of rotatable bonds is 0. The van der Waals surface area contributed by atoms with Gasteiger partial charge in [0, 0.05) is 0 Å². The zero-order valence-corrected chi connectivity index (χ0v) is 5.53. The van der Waals surface area contributed by atoms with Gasteiger partial charge < -0.3 is 22.9 Å². The van der Waals surface area contributed by atoms with Crippen LogP contribution in [0.25, 0.3) is 0 Å². The van der Waals surface area contributed by atoms with Crippen LogP contribution in [0.4, 0.5) is 21.4 Å². The molecule has 50 valence electrons. The van der Waals surface area contributed by atoms with E-state index in [9.17, 15) is 0 Å². The molecular formula is C4H8N4S. The van der Waals surface area contributed by atoms with Crippen LogP contribution in [0, 0.1) is 0 Å². The number of hydrogen-bond donors (Lipinski definition) is 4. The van der Waals surface area contributed by atoms with Crippen LogP contribution >= 0.6 is 11.3 Å². The molecule has 1 aromatic heterocycles. The molecule has 9 heavy (non-hydrogen) atoms. The summed E-state index contributed by atoms with van der Waals surface area (Å²) >= 11 is 1.20. The van der Waals surface area contributed by atoms with Crippen molar-refractivity contribution in [1.29, 1.82) is 0 Å². The number of anilines is 4. The van der Waals surface area contributed by atoms with Crippen molar-refractivity contribution in [3.8, 4) is 0 Å². The SMILES string of the molecule is Nc1sc(N)c(N)c1N. The molecule has 1 aromatic rings.